The molecule has 0 atom stereocenters. The average molecular weight is 235 g/mol. The minimum absolute atomic E-state index is 0.251. The summed E-state index contributed by atoms with van der Waals surface area (Å²) in [6.45, 7) is 5.01. The highest BCUT2D eigenvalue weighted by Gasteiger charge is 2.17. The lowest BCUT2D eigenvalue weighted by Gasteiger charge is -2.26. The third-order valence-corrected chi connectivity index (χ3v) is 3.21. The number of rotatable bonds is 3. The lowest BCUT2D eigenvalue weighted by molar-refractivity contribution is 0.320. The van der Waals surface area contributed by atoms with Crippen molar-refractivity contribution in [3.8, 4) is 5.75 Å². The van der Waals surface area contributed by atoms with Crippen LogP contribution in [0, 0.1) is 5.82 Å². The van der Waals surface area contributed by atoms with Gasteiger partial charge in [-0.2, -0.15) is 0 Å². The van der Waals surface area contributed by atoms with E-state index in [1.54, 1.807) is 6.07 Å². The van der Waals surface area contributed by atoms with Crippen LogP contribution in [-0.2, 0) is 0 Å². The molecule has 1 heterocycles. The van der Waals surface area contributed by atoms with E-state index in [2.05, 4.69) is 17.9 Å². The van der Waals surface area contributed by atoms with E-state index >= 15 is 0 Å². The van der Waals surface area contributed by atoms with Gasteiger partial charge in [-0.05, 0) is 24.6 Å². The van der Waals surface area contributed by atoms with Crippen molar-refractivity contribution in [1.29, 1.82) is 0 Å². The second kappa shape index (κ2) is 5.32. The monoisotopic (exact) mass is 235 g/mol. The van der Waals surface area contributed by atoms with E-state index in [0.717, 1.165) is 31.6 Å². The molecule has 0 saturated carbocycles. The van der Waals surface area contributed by atoms with E-state index < -0.39 is 0 Å². The van der Waals surface area contributed by atoms with E-state index in [9.17, 15) is 4.39 Å². The molecule has 17 heavy (non-hydrogen) atoms. The van der Waals surface area contributed by atoms with Crippen molar-refractivity contribution in [2.24, 2.45) is 0 Å². The maximum Gasteiger partial charge on any atom is 0.172 e. The van der Waals surface area contributed by atoms with Crippen molar-refractivity contribution in [2.45, 2.75) is 13.3 Å². The second-order valence-corrected chi connectivity index (χ2v) is 4.21. The third kappa shape index (κ3) is 2.50. The number of hydrogen-bond donors (Lipinski definition) is 0. The first kappa shape index (κ1) is 12.1. The Hall–Kier alpha value is -1.35. The number of halogens is 1. The molecule has 0 aliphatic carbocycles. The highest BCUT2D eigenvalue weighted by Crippen LogP contribution is 2.28. The second-order valence-electron chi connectivity index (χ2n) is 4.21. The molecule has 0 unspecified atom stereocenters. The van der Waals surface area contributed by atoms with Gasteiger partial charge in [-0.15, -0.1) is 0 Å². The number of likely N-dealkylation sites (N-methyl/N-ethyl adjacent to an activating group) is 1. The largest absolute Gasteiger partial charge is 0.494 e. The van der Waals surface area contributed by atoms with Crippen molar-refractivity contribution in [3.05, 3.63) is 35.7 Å². The van der Waals surface area contributed by atoms with Crippen LogP contribution in [0.3, 0.4) is 0 Å². The minimum Gasteiger partial charge on any atom is -0.494 e. The SMILES string of the molecule is CCN1CCC=C(c2cccc(OC)c2F)C1. The molecule has 0 aromatic heterocycles. The number of benzene rings is 1. The van der Waals surface area contributed by atoms with Crippen LogP contribution in [0.4, 0.5) is 4.39 Å². The summed E-state index contributed by atoms with van der Waals surface area (Å²) in [6.07, 6.45) is 3.11. The van der Waals surface area contributed by atoms with Crippen molar-refractivity contribution in [2.75, 3.05) is 26.7 Å². The lowest BCUT2D eigenvalue weighted by atomic mass is 10.0. The van der Waals surface area contributed by atoms with E-state index in [0.29, 0.717) is 11.3 Å². The zero-order valence-electron chi connectivity index (χ0n) is 10.4. The number of methoxy groups -OCH3 is 1. The molecule has 1 aromatic rings. The van der Waals surface area contributed by atoms with Crippen LogP contribution in [-0.4, -0.2) is 31.6 Å². The Balaban J connectivity index is 2.31. The number of ether oxygens (including phenoxy) is 1. The third-order valence-electron chi connectivity index (χ3n) is 3.21. The summed E-state index contributed by atoms with van der Waals surface area (Å²) in [4.78, 5) is 2.31. The Morgan fingerprint density at radius 2 is 2.24 bits per heavy atom. The van der Waals surface area contributed by atoms with Crippen LogP contribution in [0.1, 0.15) is 18.9 Å². The van der Waals surface area contributed by atoms with Gasteiger partial charge in [-0.1, -0.05) is 25.1 Å². The fourth-order valence-corrected chi connectivity index (χ4v) is 2.19. The molecule has 2 rings (SSSR count). The predicted octanol–water partition coefficient (Wildman–Crippen LogP) is 2.94. The van der Waals surface area contributed by atoms with Crippen molar-refractivity contribution < 1.29 is 9.13 Å². The Morgan fingerprint density at radius 1 is 1.41 bits per heavy atom. The van der Waals surface area contributed by atoms with Crippen LogP contribution < -0.4 is 4.74 Å². The average Bonchev–Trinajstić information content (AvgIpc) is 2.39. The highest BCUT2D eigenvalue weighted by molar-refractivity contribution is 5.69. The molecule has 1 aliphatic heterocycles. The lowest BCUT2D eigenvalue weighted by Crippen LogP contribution is -2.29. The zero-order chi connectivity index (χ0) is 12.3. The van der Waals surface area contributed by atoms with Crippen molar-refractivity contribution in [1.82, 2.24) is 4.90 Å². The minimum atomic E-state index is -0.251. The van der Waals surface area contributed by atoms with Gasteiger partial charge in [0.15, 0.2) is 11.6 Å². The normalized spacial score (nSPS) is 16.8. The van der Waals surface area contributed by atoms with E-state index in [-0.39, 0.29) is 5.82 Å². The molecule has 0 spiro atoms. The topological polar surface area (TPSA) is 12.5 Å². The summed E-state index contributed by atoms with van der Waals surface area (Å²) in [5.41, 5.74) is 1.73. The smallest absolute Gasteiger partial charge is 0.172 e. The maximum atomic E-state index is 14.1. The molecular formula is C14H18FNO. The van der Waals surface area contributed by atoms with Crippen molar-refractivity contribution >= 4 is 5.57 Å². The maximum absolute atomic E-state index is 14.1. The Morgan fingerprint density at radius 3 is 2.94 bits per heavy atom. The number of hydrogen-bond acceptors (Lipinski definition) is 2. The Labute approximate surface area is 102 Å². The van der Waals surface area contributed by atoms with E-state index in [1.807, 2.05) is 12.1 Å². The van der Waals surface area contributed by atoms with Crippen LogP contribution in [0.15, 0.2) is 24.3 Å². The molecule has 1 aromatic carbocycles. The van der Waals surface area contributed by atoms with Crippen LogP contribution >= 0.6 is 0 Å². The Bertz CT molecular complexity index is 428. The molecule has 2 nitrogen and oxygen atoms in total. The van der Waals surface area contributed by atoms with Gasteiger partial charge in [0.25, 0.3) is 0 Å². The molecular weight excluding hydrogens is 217 g/mol. The molecule has 0 N–H and O–H groups in total. The van der Waals surface area contributed by atoms with Gasteiger partial charge in [0.1, 0.15) is 0 Å². The van der Waals surface area contributed by atoms with Crippen LogP contribution in [0.25, 0.3) is 5.57 Å². The van der Waals surface area contributed by atoms with Gasteiger partial charge in [0.2, 0.25) is 0 Å². The summed E-state index contributed by atoms with van der Waals surface area (Å²) in [5, 5.41) is 0. The van der Waals surface area contributed by atoms with Crippen LogP contribution in [0.5, 0.6) is 5.75 Å². The summed E-state index contributed by atoms with van der Waals surface area (Å²) in [7, 11) is 1.50. The standard InChI is InChI=1S/C14H18FNO/c1-3-16-9-5-6-11(10-16)12-7-4-8-13(17-2)14(12)15/h4,6-8H,3,5,9-10H2,1-2H3. The van der Waals surface area contributed by atoms with E-state index in [1.165, 1.54) is 7.11 Å². The summed E-state index contributed by atoms with van der Waals surface area (Å²) in [6, 6.07) is 5.31. The van der Waals surface area contributed by atoms with Gasteiger partial charge in [-0.3, -0.25) is 4.90 Å². The highest BCUT2D eigenvalue weighted by atomic mass is 19.1. The first-order chi connectivity index (χ1) is 8.26. The van der Waals surface area contributed by atoms with Gasteiger partial charge in [0.05, 0.1) is 7.11 Å². The fourth-order valence-electron chi connectivity index (χ4n) is 2.19. The molecule has 0 amide bonds. The first-order valence-corrected chi connectivity index (χ1v) is 6.00. The van der Waals surface area contributed by atoms with Gasteiger partial charge >= 0.3 is 0 Å². The van der Waals surface area contributed by atoms with Gasteiger partial charge < -0.3 is 4.74 Å². The number of nitrogens with zero attached hydrogens (tertiary/aromatic N) is 1. The first-order valence-electron chi connectivity index (χ1n) is 6.00. The molecule has 0 radical (unpaired) electrons. The molecule has 92 valence electrons. The summed E-state index contributed by atoms with van der Waals surface area (Å²) in [5.74, 6) is 0.0659. The Kier molecular flexibility index (Phi) is 3.79. The fraction of sp³-hybridized carbons (Fsp3) is 0.429. The van der Waals surface area contributed by atoms with Crippen LogP contribution in [0.2, 0.25) is 0 Å². The van der Waals surface area contributed by atoms with Crippen molar-refractivity contribution in [3.63, 3.8) is 0 Å². The predicted molar refractivity (Wildman–Crippen MR) is 67.7 cm³/mol. The quantitative estimate of drug-likeness (QED) is 0.798. The molecule has 0 fully saturated rings. The molecule has 0 saturated heterocycles. The molecule has 0 bridgehead atoms. The summed E-state index contributed by atoms with van der Waals surface area (Å²) < 4.78 is 19.1. The van der Waals surface area contributed by atoms with Gasteiger partial charge in [0, 0.05) is 18.7 Å². The van der Waals surface area contributed by atoms with E-state index in [4.69, 9.17) is 4.74 Å². The zero-order valence-corrected chi connectivity index (χ0v) is 10.4. The molecule has 1 aliphatic rings. The molecule has 3 heteroatoms. The van der Waals surface area contributed by atoms with Gasteiger partial charge in [-0.25, -0.2) is 4.39 Å². The summed E-state index contributed by atoms with van der Waals surface area (Å²) >= 11 is 0.